The summed E-state index contributed by atoms with van der Waals surface area (Å²) >= 11 is 0. The van der Waals surface area contributed by atoms with Crippen LogP contribution in [0.5, 0.6) is 0 Å². The molecule has 1 atom stereocenters. The van der Waals surface area contributed by atoms with Gasteiger partial charge in [0.15, 0.2) is 5.69 Å². The van der Waals surface area contributed by atoms with E-state index < -0.39 is 5.60 Å². The van der Waals surface area contributed by atoms with Crippen molar-refractivity contribution < 1.29 is 14.4 Å². The highest BCUT2D eigenvalue weighted by atomic mass is 16.5. The third kappa shape index (κ3) is 3.06. The van der Waals surface area contributed by atoms with E-state index in [0.29, 0.717) is 25.3 Å². The molecular weight excluding hydrogens is 286 g/mol. The van der Waals surface area contributed by atoms with Gasteiger partial charge in [0.05, 0.1) is 6.20 Å². The molecular formula is C14H17N5O3. The smallest absolute Gasteiger partial charge is 0.273 e. The van der Waals surface area contributed by atoms with E-state index in [1.54, 1.807) is 31.6 Å². The number of carbonyl (C=O) groups excluding carboxylic acids is 1. The average molecular weight is 303 g/mol. The molecule has 8 nitrogen and oxygen atoms in total. The van der Waals surface area contributed by atoms with E-state index >= 15 is 0 Å². The van der Waals surface area contributed by atoms with Gasteiger partial charge < -0.3 is 19.8 Å². The molecule has 0 unspecified atom stereocenters. The van der Waals surface area contributed by atoms with Gasteiger partial charge in [-0.25, -0.2) is 4.98 Å². The first-order valence-corrected chi connectivity index (χ1v) is 7.01. The lowest BCUT2D eigenvalue weighted by atomic mass is 10.0. The first-order valence-electron chi connectivity index (χ1n) is 7.01. The van der Waals surface area contributed by atoms with Crippen molar-refractivity contribution in [1.82, 2.24) is 20.4 Å². The van der Waals surface area contributed by atoms with Crippen LogP contribution in [0.1, 0.15) is 22.7 Å². The topological polar surface area (TPSA) is 104 Å². The van der Waals surface area contributed by atoms with Crippen LogP contribution in [-0.4, -0.2) is 51.4 Å². The number of hydrogen-bond donors (Lipinski definition) is 2. The van der Waals surface area contributed by atoms with Gasteiger partial charge in [0.1, 0.15) is 17.2 Å². The van der Waals surface area contributed by atoms with Crippen molar-refractivity contribution in [3.63, 3.8) is 0 Å². The van der Waals surface area contributed by atoms with Crippen molar-refractivity contribution in [2.45, 2.75) is 18.9 Å². The first-order chi connectivity index (χ1) is 10.6. The molecule has 1 amide bonds. The first kappa shape index (κ1) is 14.5. The fourth-order valence-electron chi connectivity index (χ4n) is 2.46. The number of aryl methyl sites for hydroxylation is 1. The summed E-state index contributed by atoms with van der Waals surface area (Å²) < 4.78 is 4.86. The van der Waals surface area contributed by atoms with Gasteiger partial charge in [0.25, 0.3) is 5.91 Å². The Morgan fingerprint density at radius 1 is 1.55 bits per heavy atom. The highest BCUT2D eigenvalue weighted by molar-refractivity contribution is 5.92. The second-order valence-electron chi connectivity index (χ2n) is 5.46. The quantitative estimate of drug-likeness (QED) is 0.828. The van der Waals surface area contributed by atoms with Crippen molar-refractivity contribution in [2.75, 3.05) is 24.5 Å². The van der Waals surface area contributed by atoms with Crippen LogP contribution in [0.4, 0.5) is 5.82 Å². The predicted molar refractivity (Wildman–Crippen MR) is 77.4 cm³/mol. The number of nitrogens with one attached hydrogen (secondary N) is 1. The van der Waals surface area contributed by atoms with Crippen LogP contribution in [-0.2, 0) is 0 Å². The Balaban J connectivity index is 1.58. The van der Waals surface area contributed by atoms with Gasteiger partial charge in [-0.15, -0.1) is 0 Å². The Bertz CT molecular complexity index is 660. The van der Waals surface area contributed by atoms with Gasteiger partial charge in [-0.3, -0.25) is 9.78 Å². The second kappa shape index (κ2) is 5.72. The van der Waals surface area contributed by atoms with Crippen LogP contribution in [0.2, 0.25) is 0 Å². The molecule has 2 aromatic heterocycles. The number of aliphatic hydroxyl groups is 1. The van der Waals surface area contributed by atoms with Gasteiger partial charge in [-0.1, -0.05) is 5.16 Å². The van der Waals surface area contributed by atoms with E-state index in [0.717, 1.165) is 5.82 Å². The number of hydrogen-bond acceptors (Lipinski definition) is 7. The van der Waals surface area contributed by atoms with E-state index in [1.165, 1.54) is 0 Å². The Morgan fingerprint density at radius 2 is 2.41 bits per heavy atom. The number of β-amino-alcohol motifs (C(OH)–C–C–N with tert-alkyl or cyclic N) is 1. The number of amides is 1. The van der Waals surface area contributed by atoms with Gasteiger partial charge in [0.2, 0.25) is 0 Å². The van der Waals surface area contributed by atoms with E-state index in [9.17, 15) is 9.90 Å². The maximum absolute atomic E-state index is 11.9. The molecule has 0 bridgehead atoms. The molecule has 1 aliphatic heterocycles. The molecule has 0 saturated carbocycles. The minimum atomic E-state index is -0.994. The van der Waals surface area contributed by atoms with Crippen LogP contribution in [0, 0.1) is 6.92 Å². The van der Waals surface area contributed by atoms with Crippen LogP contribution in [0.15, 0.2) is 29.2 Å². The second-order valence-corrected chi connectivity index (χ2v) is 5.46. The lowest BCUT2D eigenvalue weighted by Crippen LogP contribution is -2.45. The Morgan fingerprint density at radius 3 is 3.09 bits per heavy atom. The fourth-order valence-corrected chi connectivity index (χ4v) is 2.46. The van der Waals surface area contributed by atoms with E-state index in [1.807, 2.05) is 4.90 Å². The van der Waals surface area contributed by atoms with Crippen LogP contribution < -0.4 is 10.2 Å². The Kier molecular flexibility index (Phi) is 3.76. The maximum Gasteiger partial charge on any atom is 0.273 e. The van der Waals surface area contributed by atoms with Crippen molar-refractivity contribution in [3.05, 3.63) is 36.1 Å². The number of aromatic nitrogens is 3. The predicted octanol–water partition coefficient (Wildman–Crippen LogP) is 0.144. The zero-order valence-corrected chi connectivity index (χ0v) is 12.2. The molecule has 8 heteroatoms. The third-order valence-corrected chi connectivity index (χ3v) is 3.64. The normalized spacial score (nSPS) is 21.1. The highest BCUT2D eigenvalue weighted by Crippen LogP contribution is 2.24. The summed E-state index contributed by atoms with van der Waals surface area (Å²) in [6, 6.07) is 1.56. The largest absolute Gasteiger partial charge is 0.386 e. The van der Waals surface area contributed by atoms with Crippen molar-refractivity contribution in [2.24, 2.45) is 0 Å². The van der Waals surface area contributed by atoms with E-state index in [-0.39, 0.29) is 18.1 Å². The molecule has 1 fully saturated rings. The van der Waals surface area contributed by atoms with Crippen molar-refractivity contribution >= 4 is 11.7 Å². The monoisotopic (exact) mass is 303 g/mol. The maximum atomic E-state index is 11.9. The summed E-state index contributed by atoms with van der Waals surface area (Å²) in [7, 11) is 0. The molecule has 3 heterocycles. The zero-order chi connectivity index (χ0) is 15.6. The van der Waals surface area contributed by atoms with Crippen LogP contribution in [0.3, 0.4) is 0 Å². The molecule has 116 valence electrons. The molecule has 2 N–H and O–H groups in total. The molecule has 0 radical (unpaired) electrons. The average Bonchev–Trinajstić information content (AvgIpc) is 3.13. The fraction of sp³-hybridized carbons (Fsp3) is 0.429. The molecule has 0 aliphatic carbocycles. The number of anilines is 1. The molecule has 22 heavy (non-hydrogen) atoms. The number of nitrogens with zero attached hydrogens (tertiary/aromatic N) is 4. The molecule has 2 aromatic rings. The number of rotatable bonds is 4. The summed E-state index contributed by atoms with van der Waals surface area (Å²) in [5, 5.41) is 16.9. The highest BCUT2D eigenvalue weighted by Gasteiger charge is 2.37. The van der Waals surface area contributed by atoms with Crippen molar-refractivity contribution in [3.8, 4) is 0 Å². The standard InChI is InChI=1S/C14H17N5O3/c1-10-6-11(18-22-10)13(20)17-8-14(21)2-5-19(9-14)12-7-15-3-4-16-12/h3-4,6-7,21H,2,5,8-9H2,1H3,(H,17,20)/t14-/m0/s1. The summed E-state index contributed by atoms with van der Waals surface area (Å²) in [4.78, 5) is 22.1. The lowest BCUT2D eigenvalue weighted by Gasteiger charge is -2.23. The van der Waals surface area contributed by atoms with Gasteiger partial charge >= 0.3 is 0 Å². The van der Waals surface area contributed by atoms with E-state index in [4.69, 9.17) is 4.52 Å². The van der Waals surface area contributed by atoms with Crippen molar-refractivity contribution in [1.29, 1.82) is 0 Å². The summed E-state index contributed by atoms with van der Waals surface area (Å²) in [6.07, 6.45) is 5.41. The molecule has 1 aliphatic rings. The summed E-state index contributed by atoms with van der Waals surface area (Å²) in [6.45, 7) is 2.92. The van der Waals surface area contributed by atoms with Gasteiger partial charge in [0, 0.05) is 38.1 Å². The lowest BCUT2D eigenvalue weighted by molar-refractivity contribution is 0.0572. The minimum absolute atomic E-state index is 0.147. The van der Waals surface area contributed by atoms with Gasteiger partial charge in [-0.05, 0) is 13.3 Å². The third-order valence-electron chi connectivity index (χ3n) is 3.64. The molecule has 0 spiro atoms. The minimum Gasteiger partial charge on any atom is -0.386 e. The molecule has 1 saturated heterocycles. The Hall–Kier alpha value is -2.48. The number of carbonyl (C=O) groups is 1. The zero-order valence-electron chi connectivity index (χ0n) is 12.2. The summed E-state index contributed by atoms with van der Waals surface area (Å²) in [5.74, 6) is 0.929. The van der Waals surface area contributed by atoms with Crippen LogP contribution >= 0.6 is 0 Å². The van der Waals surface area contributed by atoms with E-state index in [2.05, 4.69) is 20.4 Å². The SMILES string of the molecule is Cc1cc(C(=O)NC[C@@]2(O)CCN(c3cnccn3)C2)no1. The molecule has 3 rings (SSSR count). The Labute approximate surface area is 127 Å². The molecule has 0 aromatic carbocycles. The summed E-state index contributed by atoms with van der Waals surface area (Å²) in [5.41, 5.74) is -0.781. The van der Waals surface area contributed by atoms with Gasteiger partial charge in [-0.2, -0.15) is 0 Å². The van der Waals surface area contributed by atoms with Crippen LogP contribution in [0.25, 0.3) is 0 Å².